The fourth-order valence-electron chi connectivity index (χ4n) is 2.84. The van der Waals surface area contributed by atoms with Gasteiger partial charge in [0.25, 0.3) is 0 Å². The van der Waals surface area contributed by atoms with Gasteiger partial charge in [-0.1, -0.05) is 6.07 Å². The number of benzene rings is 2. The van der Waals surface area contributed by atoms with E-state index in [-0.39, 0.29) is 18.6 Å². The summed E-state index contributed by atoms with van der Waals surface area (Å²) in [5.74, 6) is 0.875. The summed E-state index contributed by atoms with van der Waals surface area (Å²) in [6, 6.07) is 8.00. The number of aryl methyl sites for hydroxylation is 1. The number of carbonyl (C=O) groups is 1. The second-order valence-electron chi connectivity index (χ2n) is 6.00. The first-order valence-corrected chi connectivity index (χ1v) is 8.28. The molecule has 0 radical (unpaired) electrons. The summed E-state index contributed by atoms with van der Waals surface area (Å²) in [6.07, 6.45) is 0.443. The first-order valence-electron chi connectivity index (χ1n) is 8.28. The molecule has 138 valence electrons. The molecule has 0 saturated carbocycles. The molecule has 2 amide bonds. The molecule has 1 aliphatic heterocycles. The minimum atomic E-state index is -0.358. The molecule has 3 rings (SSSR count). The average Bonchev–Trinajstić information content (AvgIpc) is 2.61. The van der Waals surface area contributed by atoms with Gasteiger partial charge in [-0.3, -0.25) is 0 Å². The molecule has 0 unspecified atom stereocenters. The van der Waals surface area contributed by atoms with Crippen molar-refractivity contribution < 1.29 is 23.4 Å². The predicted octanol–water partition coefficient (Wildman–Crippen LogP) is 3.37. The van der Waals surface area contributed by atoms with Crippen molar-refractivity contribution >= 4 is 11.7 Å². The second kappa shape index (κ2) is 8.05. The van der Waals surface area contributed by atoms with Crippen molar-refractivity contribution in [3.63, 3.8) is 0 Å². The summed E-state index contributed by atoms with van der Waals surface area (Å²) in [6.45, 7) is 2.73. The Hall–Kier alpha value is -2.80. The van der Waals surface area contributed by atoms with Crippen molar-refractivity contribution in [2.24, 2.45) is 0 Å². The van der Waals surface area contributed by atoms with Gasteiger partial charge >= 0.3 is 6.03 Å². The van der Waals surface area contributed by atoms with Crippen molar-refractivity contribution in [3.8, 4) is 11.5 Å². The molecule has 0 aromatic heterocycles. The molecular weight excluding hydrogens is 339 g/mol. The maximum absolute atomic E-state index is 13.7. The van der Waals surface area contributed by atoms with Crippen molar-refractivity contribution in [2.75, 3.05) is 25.8 Å². The van der Waals surface area contributed by atoms with Crippen LogP contribution < -0.4 is 20.1 Å². The molecule has 0 fully saturated rings. The van der Waals surface area contributed by atoms with Crippen molar-refractivity contribution in [1.82, 2.24) is 5.32 Å². The number of ether oxygens (including phenoxy) is 3. The van der Waals surface area contributed by atoms with E-state index in [0.717, 1.165) is 5.56 Å². The smallest absolute Gasteiger partial charge is 0.319 e. The highest BCUT2D eigenvalue weighted by molar-refractivity contribution is 5.91. The molecule has 26 heavy (non-hydrogen) atoms. The molecule has 0 aliphatic carbocycles. The Morgan fingerprint density at radius 1 is 1.31 bits per heavy atom. The van der Waals surface area contributed by atoms with Crippen LogP contribution >= 0.6 is 0 Å². The van der Waals surface area contributed by atoms with E-state index in [0.29, 0.717) is 47.9 Å². The molecule has 1 aliphatic rings. The van der Waals surface area contributed by atoms with Crippen LogP contribution in [0.15, 0.2) is 30.3 Å². The monoisotopic (exact) mass is 360 g/mol. The number of nitrogens with one attached hydrogen (secondary N) is 2. The Balaban J connectivity index is 1.60. The molecule has 2 aromatic rings. The van der Waals surface area contributed by atoms with E-state index in [2.05, 4.69) is 10.6 Å². The van der Waals surface area contributed by atoms with Gasteiger partial charge in [0, 0.05) is 12.1 Å². The third-order valence-corrected chi connectivity index (χ3v) is 4.03. The van der Waals surface area contributed by atoms with Crippen LogP contribution in [0.5, 0.6) is 11.5 Å². The number of anilines is 1. The fourth-order valence-corrected chi connectivity index (χ4v) is 2.84. The summed E-state index contributed by atoms with van der Waals surface area (Å²) in [5, 5.41) is 5.52. The van der Waals surface area contributed by atoms with Crippen LogP contribution in [0.3, 0.4) is 0 Å². The zero-order valence-electron chi connectivity index (χ0n) is 14.7. The lowest BCUT2D eigenvalue weighted by Crippen LogP contribution is -2.30. The number of carbonyl (C=O) groups excluding carboxylic acids is 1. The first kappa shape index (κ1) is 18.0. The Kier molecular flexibility index (Phi) is 5.58. The Morgan fingerprint density at radius 3 is 2.96 bits per heavy atom. The van der Waals surface area contributed by atoms with E-state index in [1.54, 1.807) is 13.2 Å². The van der Waals surface area contributed by atoms with Gasteiger partial charge in [0.1, 0.15) is 17.3 Å². The summed E-state index contributed by atoms with van der Waals surface area (Å²) in [4.78, 5) is 12.1. The lowest BCUT2D eigenvalue weighted by molar-refractivity contribution is -0.0172. The van der Waals surface area contributed by atoms with Gasteiger partial charge in [0.2, 0.25) is 0 Å². The largest absolute Gasteiger partial charge is 0.495 e. The zero-order chi connectivity index (χ0) is 18.5. The quantitative estimate of drug-likeness (QED) is 0.858. The molecule has 7 heteroatoms. The molecule has 1 heterocycles. The highest BCUT2D eigenvalue weighted by Gasteiger charge is 2.17. The van der Waals surface area contributed by atoms with Crippen LogP contribution in [0.4, 0.5) is 14.9 Å². The minimum absolute atomic E-state index is 0.146. The lowest BCUT2D eigenvalue weighted by Gasteiger charge is -2.21. The number of methoxy groups -OCH3 is 1. The second-order valence-corrected chi connectivity index (χ2v) is 6.00. The van der Waals surface area contributed by atoms with Gasteiger partial charge in [0.15, 0.2) is 6.79 Å². The molecule has 2 aromatic carbocycles. The van der Waals surface area contributed by atoms with Crippen LogP contribution in [-0.2, 0) is 17.8 Å². The fraction of sp³-hybridized carbons (Fsp3) is 0.316. The maximum atomic E-state index is 13.7. The van der Waals surface area contributed by atoms with Gasteiger partial charge in [-0.05, 0) is 48.7 Å². The van der Waals surface area contributed by atoms with Gasteiger partial charge < -0.3 is 24.8 Å². The van der Waals surface area contributed by atoms with Crippen molar-refractivity contribution in [2.45, 2.75) is 20.0 Å². The van der Waals surface area contributed by atoms with Crippen LogP contribution in [0, 0.1) is 12.7 Å². The molecular formula is C19H21FN2O4. The Bertz CT molecular complexity index is 810. The van der Waals surface area contributed by atoms with E-state index in [4.69, 9.17) is 14.2 Å². The predicted molar refractivity (Wildman–Crippen MR) is 95.1 cm³/mol. The number of amides is 2. The zero-order valence-corrected chi connectivity index (χ0v) is 14.7. The van der Waals surface area contributed by atoms with E-state index in [1.807, 2.05) is 19.1 Å². The van der Waals surface area contributed by atoms with Crippen LogP contribution in [0.1, 0.15) is 16.7 Å². The standard InChI is InChI=1S/C19H21FN2O4/c1-12-3-4-17(24-2)16(7-12)22-19(23)21-6-5-13-8-15(20)9-14-10-25-11-26-18(13)14/h3-4,7-9H,5-6,10-11H2,1-2H3,(H2,21,22,23). The van der Waals surface area contributed by atoms with Crippen molar-refractivity contribution in [3.05, 3.63) is 52.8 Å². The summed E-state index contributed by atoms with van der Waals surface area (Å²) >= 11 is 0. The topological polar surface area (TPSA) is 68.8 Å². The van der Waals surface area contributed by atoms with E-state index in [1.165, 1.54) is 12.1 Å². The van der Waals surface area contributed by atoms with Crippen LogP contribution in [0.25, 0.3) is 0 Å². The molecule has 2 N–H and O–H groups in total. The summed E-state index contributed by atoms with van der Waals surface area (Å²) < 4.78 is 29.6. The van der Waals surface area contributed by atoms with Crippen molar-refractivity contribution in [1.29, 1.82) is 0 Å². The van der Waals surface area contributed by atoms with Gasteiger partial charge in [-0.2, -0.15) is 0 Å². The maximum Gasteiger partial charge on any atom is 0.319 e. The van der Waals surface area contributed by atoms with Gasteiger partial charge in [-0.25, -0.2) is 9.18 Å². The normalized spacial score (nSPS) is 12.7. The lowest BCUT2D eigenvalue weighted by atomic mass is 10.1. The molecule has 0 bridgehead atoms. The van der Waals surface area contributed by atoms with E-state index < -0.39 is 0 Å². The summed E-state index contributed by atoms with van der Waals surface area (Å²) in [7, 11) is 1.55. The van der Waals surface area contributed by atoms with Crippen LogP contribution in [0.2, 0.25) is 0 Å². The number of halogens is 1. The highest BCUT2D eigenvalue weighted by Crippen LogP contribution is 2.29. The molecule has 6 nitrogen and oxygen atoms in total. The molecule has 0 spiro atoms. The Labute approximate surface area is 151 Å². The Morgan fingerprint density at radius 2 is 2.15 bits per heavy atom. The van der Waals surface area contributed by atoms with E-state index >= 15 is 0 Å². The minimum Gasteiger partial charge on any atom is -0.495 e. The van der Waals surface area contributed by atoms with E-state index in [9.17, 15) is 9.18 Å². The highest BCUT2D eigenvalue weighted by atomic mass is 19.1. The number of urea groups is 1. The SMILES string of the molecule is COc1ccc(C)cc1NC(=O)NCCc1cc(F)cc2c1OCOC2. The molecule has 0 atom stereocenters. The first-order chi connectivity index (χ1) is 12.6. The van der Waals surface area contributed by atoms with Gasteiger partial charge in [-0.15, -0.1) is 0 Å². The number of fused-ring (bicyclic) bond motifs is 1. The van der Waals surface area contributed by atoms with Gasteiger partial charge in [0.05, 0.1) is 19.4 Å². The average molecular weight is 360 g/mol. The molecule has 0 saturated heterocycles. The third kappa shape index (κ3) is 4.23. The number of rotatable bonds is 5. The summed E-state index contributed by atoms with van der Waals surface area (Å²) in [5.41, 5.74) is 2.98. The third-order valence-electron chi connectivity index (χ3n) is 4.03. The number of hydrogen-bond acceptors (Lipinski definition) is 4. The number of hydrogen-bond donors (Lipinski definition) is 2. The van der Waals surface area contributed by atoms with Crippen LogP contribution in [-0.4, -0.2) is 26.5 Å².